The van der Waals surface area contributed by atoms with Gasteiger partial charge in [-0.15, -0.1) is 0 Å². The normalized spacial score (nSPS) is 23.7. The van der Waals surface area contributed by atoms with E-state index in [2.05, 4.69) is 165 Å². The van der Waals surface area contributed by atoms with E-state index in [0.717, 1.165) is 103 Å². The predicted molar refractivity (Wildman–Crippen MR) is 377 cm³/mol. The number of hydrogen-bond acceptors (Lipinski definition) is 13. The van der Waals surface area contributed by atoms with Gasteiger partial charge in [0, 0.05) is 6.42 Å². The number of rotatable bonds is 56. The van der Waals surface area contributed by atoms with Gasteiger partial charge in [-0.3, -0.25) is 4.79 Å². The van der Waals surface area contributed by atoms with Crippen LogP contribution in [0.4, 0.5) is 0 Å². The number of unbranched alkanes of at least 4 members (excludes halogenated alkanes) is 19. The number of carbonyl (C=O) groups excluding carboxylic acids is 1. The zero-order valence-electron chi connectivity index (χ0n) is 56.7. The van der Waals surface area contributed by atoms with E-state index in [1.807, 2.05) is 6.08 Å². The van der Waals surface area contributed by atoms with Gasteiger partial charge in [0.2, 0.25) is 5.91 Å². The Labute approximate surface area is 556 Å². The first-order chi connectivity index (χ1) is 45.1. The maximum atomic E-state index is 13.3. The minimum atomic E-state index is -1.80. The monoisotopic (exact) mass is 1290 g/mol. The van der Waals surface area contributed by atoms with Crippen molar-refractivity contribution < 1.29 is 64.6 Å². The second kappa shape index (κ2) is 60.3. The quantitative estimate of drug-likeness (QED) is 0.0204. The van der Waals surface area contributed by atoms with Crippen molar-refractivity contribution in [1.29, 1.82) is 0 Å². The van der Waals surface area contributed by atoms with Crippen LogP contribution in [-0.4, -0.2) is 140 Å². The molecule has 0 spiro atoms. The second-order valence-corrected chi connectivity index (χ2v) is 24.3. The van der Waals surface area contributed by atoms with Crippen LogP contribution in [0.1, 0.15) is 232 Å². The average Bonchev–Trinajstić information content (AvgIpc) is 0.915. The van der Waals surface area contributed by atoms with Gasteiger partial charge >= 0.3 is 0 Å². The van der Waals surface area contributed by atoms with Crippen LogP contribution in [0.5, 0.6) is 0 Å². The molecule has 92 heavy (non-hydrogen) atoms. The molecule has 2 aliphatic rings. The molecule has 14 nitrogen and oxygen atoms in total. The molecular formula is C78H127NO13. The summed E-state index contributed by atoms with van der Waals surface area (Å²) < 4.78 is 22.8. The summed E-state index contributed by atoms with van der Waals surface area (Å²) in [5.74, 6) is -0.287. The highest BCUT2D eigenvalue weighted by atomic mass is 16.7. The molecule has 9 N–H and O–H groups in total. The van der Waals surface area contributed by atoms with Crippen LogP contribution in [0.15, 0.2) is 158 Å². The largest absolute Gasteiger partial charge is 0.394 e. The molecule has 12 atom stereocenters. The second-order valence-electron chi connectivity index (χ2n) is 24.3. The summed E-state index contributed by atoms with van der Waals surface area (Å²) in [6, 6.07) is -0.963. The summed E-state index contributed by atoms with van der Waals surface area (Å²) in [5, 5.41) is 87.4. The maximum Gasteiger partial charge on any atom is 0.220 e. The molecule has 0 radical (unpaired) electrons. The van der Waals surface area contributed by atoms with Crippen molar-refractivity contribution in [1.82, 2.24) is 5.32 Å². The van der Waals surface area contributed by atoms with Gasteiger partial charge in [0.25, 0.3) is 0 Å². The van der Waals surface area contributed by atoms with Crippen LogP contribution < -0.4 is 5.32 Å². The molecule has 2 heterocycles. The third-order valence-corrected chi connectivity index (χ3v) is 16.2. The summed E-state index contributed by atoms with van der Waals surface area (Å²) in [6.07, 6.45) is 75.8. The summed E-state index contributed by atoms with van der Waals surface area (Å²) in [5.41, 5.74) is 0. The maximum absolute atomic E-state index is 13.3. The van der Waals surface area contributed by atoms with Gasteiger partial charge in [0.1, 0.15) is 48.8 Å². The minimum absolute atomic E-state index is 0.223. The summed E-state index contributed by atoms with van der Waals surface area (Å²) in [7, 11) is 0. The fourth-order valence-electron chi connectivity index (χ4n) is 10.5. The number of nitrogens with one attached hydrogen (secondary N) is 1. The van der Waals surface area contributed by atoms with Crippen LogP contribution >= 0.6 is 0 Å². The van der Waals surface area contributed by atoms with Gasteiger partial charge in [0.05, 0.1) is 32.0 Å². The third-order valence-electron chi connectivity index (χ3n) is 16.2. The summed E-state index contributed by atoms with van der Waals surface area (Å²) >= 11 is 0. The van der Waals surface area contributed by atoms with Crippen LogP contribution in [-0.2, 0) is 23.7 Å². The first-order valence-corrected chi connectivity index (χ1v) is 35.7. The summed E-state index contributed by atoms with van der Waals surface area (Å²) in [4.78, 5) is 13.3. The molecule has 2 rings (SSSR count). The van der Waals surface area contributed by atoms with Gasteiger partial charge in [-0.2, -0.15) is 0 Å². The van der Waals surface area contributed by atoms with Crippen LogP contribution in [0.2, 0.25) is 0 Å². The van der Waals surface area contributed by atoms with E-state index >= 15 is 0 Å². The first-order valence-electron chi connectivity index (χ1n) is 35.7. The van der Waals surface area contributed by atoms with Crippen molar-refractivity contribution in [3.63, 3.8) is 0 Å². The van der Waals surface area contributed by atoms with E-state index in [9.17, 15) is 45.6 Å². The fourth-order valence-corrected chi connectivity index (χ4v) is 10.5. The first kappa shape index (κ1) is 83.7. The molecular weight excluding hydrogens is 1160 g/mol. The zero-order chi connectivity index (χ0) is 66.6. The van der Waals surface area contributed by atoms with Gasteiger partial charge in [0.15, 0.2) is 12.6 Å². The molecule has 0 aliphatic carbocycles. The Kier molecular flexibility index (Phi) is 54.8. The number of allylic oxidation sites excluding steroid dienone is 25. The Morgan fingerprint density at radius 2 is 0.761 bits per heavy atom. The number of aliphatic hydroxyl groups excluding tert-OH is 8. The third kappa shape index (κ3) is 43.6. The van der Waals surface area contributed by atoms with Crippen molar-refractivity contribution >= 4 is 5.91 Å². The molecule has 2 fully saturated rings. The number of hydrogen-bond donors (Lipinski definition) is 9. The topological polar surface area (TPSA) is 228 Å². The van der Waals surface area contributed by atoms with Crippen molar-refractivity contribution in [2.45, 2.75) is 306 Å². The summed E-state index contributed by atoms with van der Waals surface area (Å²) in [6.45, 7) is 2.64. The van der Waals surface area contributed by atoms with E-state index in [-0.39, 0.29) is 18.9 Å². The van der Waals surface area contributed by atoms with Crippen molar-refractivity contribution in [3.8, 4) is 0 Å². The van der Waals surface area contributed by atoms with Crippen molar-refractivity contribution in [2.75, 3.05) is 19.8 Å². The molecule has 0 aromatic heterocycles. The number of aliphatic hydroxyl groups is 8. The predicted octanol–water partition coefficient (Wildman–Crippen LogP) is 15.0. The standard InChI is InChI=1S/C78H127NO13/c1-3-5-7-9-11-13-15-17-19-21-23-25-26-27-28-29-30-31-32-33-34-35-36-37-38-39-40-42-44-46-48-50-52-54-56-58-60-62-70(83)79-66(67(82)61-59-57-55-53-51-49-47-45-43-41-24-22-20-18-16-14-12-10-8-6-4-2)65-89-77-75(88)73(86)76(69(64-81)91-77)92-78-74(87)72(85)71(84)68(63-80)90-78/h5,7,11,13,17,19,23,25,27-28,30-31,33-34,36-37,39-40,44,46,50-53,59,61,66-69,71-78,80-82,84-88H,3-4,6,8-10,12,14-16,18,20-22,24,26,29,32,35,38,41-43,45,47-49,54-58,60,62-65H2,1-2H3,(H,79,83)/b7-5-,13-11-,19-17-,25-23-,28-27-,31-30-,34-33-,37-36-,40-39-,46-44-,52-50-,53-51+,61-59+. The smallest absolute Gasteiger partial charge is 0.220 e. The zero-order valence-corrected chi connectivity index (χ0v) is 56.7. The minimum Gasteiger partial charge on any atom is -0.394 e. The average molecular weight is 1290 g/mol. The van der Waals surface area contributed by atoms with E-state index in [1.54, 1.807) is 6.08 Å². The van der Waals surface area contributed by atoms with Crippen LogP contribution in [0, 0.1) is 0 Å². The molecule has 14 heteroatoms. The lowest BCUT2D eigenvalue weighted by atomic mass is 9.97. The van der Waals surface area contributed by atoms with E-state index in [1.165, 1.54) is 96.3 Å². The molecule has 2 aliphatic heterocycles. The molecule has 1 amide bonds. The van der Waals surface area contributed by atoms with Crippen molar-refractivity contribution in [3.05, 3.63) is 158 Å². The fraction of sp³-hybridized carbons (Fsp3) is 0.654. The molecule has 0 saturated carbocycles. The van der Waals surface area contributed by atoms with Crippen LogP contribution in [0.25, 0.3) is 0 Å². The van der Waals surface area contributed by atoms with Gasteiger partial charge in [-0.1, -0.05) is 268 Å². The van der Waals surface area contributed by atoms with Crippen molar-refractivity contribution in [2.24, 2.45) is 0 Å². The Balaban J connectivity index is 1.71. The van der Waals surface area contributed by atoms with Crippen LogP contribution in [0.3, 0.4) is 0 Å². The van der Waals surface area contributed by atoms with E-state index in [0.29, 0.717) is 12.8 Å². The van der Waals surface area contributed by atoms with E-state index < -0.39 is 86.8 Å². The lowest BCUT2D eigenvalue weighted by Gasteiger charge is -2.46. The Morgan fingerprint density at radius 3 is 1.20 bits per heavy atom. The molecule has 522 valence electrons. The number of carbonyl (C=O) groups is 1. The SMILES string of the molecule is CC/C=C\C/C=C\C/C=C\C/C=C\C/C=C\C/C=C\C/C=C\C/C=C\C/C=C\C/C=C\C/C=C\CCCCCC(=O)NC(COC1OC(CO)C(OC2OC(CO)C(O)C(O)C2O)C(O)C1O)C(O)/C=C/CC/C=C/CCCCCCCCCCCCCCCCC. The lowest BCUT2D eigenvalue weighted by molar-refractivity contribution is -0.359. The van der Waals surface area contributed by atoms with Gasteiger partial charge in [-0.25, -0.2) is 0 Å². The van der Waals surface area contributed by atoms with E-state index in [4.69, 9.17) is 18.9 Å². The molecule has 0 aromatic carbocycles. The lowest BCUT2D eigenvalue weighted by Crippen LogP contribution is -2.65. The number of ether oxygens (including phenoxy) is 4. The molecule has 2 saturated heterocycles. The van der Waals surface area contributed by atoms with Gasteiger partial charge in [-0.05, 0) is 116 Å². The highest BCUT2D eigenvalue weighted by Crippen LogP contribution is 2.30. The Hall–Kier alpha value is -4.39. The molecule has 12 unspecified atom stereocenters. The molecule has 0 bridgehead atoms. The Morgan fingerprint density at radius 1 is 0.402 bits per heavy atom. The molecule has 0 aromatic rings. The highest BCUT2D eigenvalue weighted by Gasteiger charge is 2.51. The van der Waals surface area contributed by atoms with Gasteiger partial charge < -0.3 is 65.1 Å². The highest BCUT2D eigenvalue weighted by molar-refractivity contribution is 5.76. The number of amides is 1. The Bertz CT molecular complexity index is 2150.